The summed E-state index contributed by atoms with van der Waals surface area (Å²) in [6, 6.07) is 10.5. The molecule has 0 atom stereocenters. The number of anilines is 1. The minimum Gasteiger partial charge on any atom is -0.343 e. The van der Waals surface area contributed by atoms with E-state index in [2.05, 4.69) is 31.5 Å². The second-order valence-electron chi connectivity index (χ2n) is 5.60. The van der Waals surface area contributed by atoms with Crippen LogP contribution in [0.2, 0.25) is 0 Å². The molecule has 0 bridgehead atoms. The number of fused-ring (bicyclic) bond motifs is 1. The molecule has 2 amide bonds. The van der Waals surface area contributed by atoms with Crippen molar-refractivity contribution in [1.29, 1.82) is 0 Å². The molecular formula is C18H15BrN4O3. The number of benzene rings is 1. The highest BCUT2D eigenvalue weighted by Crippen LogP contribution is 2.19. The molecule has 2 N–H and O–H groups in total. The Bertz CT molecular complexity index is 1060. The Morgan fingerprint density at radius 3 is 2.81 bits per heavy atom. The zero-order valence-electron chi connectivity index (χ0n) is 13.8. The summed E-state index contributed by atoms with van der Waals surface area (Å²) in [6.45, 7) is 1.60. The van der Waals surface area contributed by atoms with E-state index in [1.807, 2.05) is 19.1 Å². The van der Waals surface area contributed by atoms with Crippen LogP contribution in [0.4, 0.5) is 5.69 Å². The molecular weight excluding hydrogens is 400 g/mol. The maximum Gasteiger partial charge on any atom is 0.270 e. The largest absolute Gasteiger partial charge is 0.343 e. The van der Waals surface area contributed by atoms with Crippen LogP contribution in [-0.2, 0) is 4.79 Å². The fraction of sp³-hybridized carbons (Fsp3) is 0.111. The van der Waals surface area contributed by atoms with Crippen LogP contribution in [-0.4, -0.2) is 27.7 Å². The van der Waals surface area contributed by atoms with Crippen molar-refractivity contribution in [2.75, 3.05) is 11.9 Å². The summed E-state index contributed by atoms with van der Waals surface area (Å²) < 4.78 is 2.19. The van der Waals surface area contributed by atoms with E-state index in [1.165, 1.54) is 16.8 Å². The third-order valence-corrected chi connectivity index (χ3v) is 4.22. The van der Waals surface area contributed by atoms with Crippen LogP contribution in [0.25, 0.3) is 5.65 Å². The minimum absolute atomic E-state index is 0.124. The standard InChI is InChI=1S/C18H15BrN4O3/c1-11-8-12(19)5-6-14(11)22-16(24)10-21-17(25)13-9-20-15-4-2-3-7-23(15)18(13)26/h2-9H,10H2,1H3,(H,21,25)(H,22,24). The van der Waals surface area contributed by atoms with E-state index in [0.29, 0.717) is 11.3 Å². The smallest absolute Gasteiger partial charge is 0.270 e. The van der Waals surface area contributed by atoms with Crippen molar-refractivity contribution in [3.8, 4) is 0 Å². The first-order valence-corrected chi connectivity index (χ1v) is 8.55. The van der Waals surface area contributed by atoms with Gasteiger partial charge in [-0.3, -0.25) is 18.8 Å². The first-order chi connectivity index (χ1) is 12.5. The molecule has 7 nitrogen and oxygen atoms in total. The van der Waals surface area contributed by atoms with Crippen LogP contribution >= 0.6 is 15.9 Å². The summed E-state index contributed by atoms with van der Waals surface area (Å²) in [5.74, 6) is -1.04. The van der Waals surface area contributed by atoms with Gasteiger partial charge in [0.05, 0.1) is 6.54 Å². The third-order valence-electron chi connectivity index (χ3n) is 3.73. The van der Waals surface area contributed by atoms with Gasteiger partial charge in [0.15, 0.2) is 0 Å². The highest BCUT2D eigenvalue weighted by molar-refractivity contribution is 9.10. The molecule has 0 spiro atoms. The molecule has 0 aliphatic heterocycles. The lowest BCUT2D eigenvalue weighted by Crippen LogP contribution is -2.36. The van der Waals surface area contributed by atoms with Gasteiger partial charge in [-0.2, -0.15) is 0 Å². The molecule has 132 valence electrons. The van der Waals surface area contributed by atoms with E-state index < -0.39 is 17.4 Å². The third kappa shape index (κ3) is 3.80. The van der Waals surface area contributed by atoms with E-state index in [-0.39, 0.29) is 12.1 Å². The van der Waals surface area contributed by atoms with E-state index in [0.717, 1.165) is 10.0 Å². The van der Waals surface area contributed by atoms with E-state index >= 15 is 0 Å². The van der Waals surface area contributed by atoms with Crippen LogP contribution in [0, 0.1) is 6.92 Å². The van der Waals surface area contributed by atoms with Gasteiger partial charge in [0.1, 0.15) is 11.2 Å². The van der Waals surface area contributed by atoms with Crippen molar-refractivity contribution in [3.63, 3.8) is 0 Å². The maximum absolute atomic E-state index is 12.3. The summed E-state index contributed by atoms with van der Waals surface area (Å²) in [7, 11) is 0. The van der Waals surface area contributed by atoms with Crippen LogP contribution in [0.5, 0.6) is 0 Å². The molecule has 0 saturated carbocycles. The van der Waals surface area contributed by atoms with E-state index in [9.17, 15) is 14.4 Å². The zero-order valence-corrected chi connectivity index (χ0v) is 15.4. The first-order valence-electron chi connectivity index (χ1n) is 7.76. The van der Waals surface area contributed by atoms with E-state index in [4.69, 9.17) is 0 Å². The molecule has 26 heavy (non-hydrogen) atoms. The number of nitrogens with one attached hydrogen (secondary N) is 2. The minimum atomic E-state index is -0.650. The van der Waals surface area contributed by atoms with Gasteiger partial charge in [-0.15, -0.1) is 0 Å². The van der Waals surface area contributed by atoms with Gasteiger partial charge in [-0.25, -0.2) is 4.98 Å². The number of amides is 2. The number of pyridine rings is 1. The van der Waals surface area contributed by atoms with E-state index in [1.54, 1.807) is 24.3 Å². The lowest BCUT2D eigenvalue weighted by molar-refractivity contribution is -0.115. The van der Waals surface area contributed by atoms with Crippen LogP contribution in [0.1, 0.15) is 15.9 Å². The molecule has 0 saturated heterocycles. The average Bonchev–Trinajstić information content (AvgIpc) is 2.62. The molecule has 3 rings (SSSR count). The number of carbonyl (C=O) groups excluding carboxylic acids is 2. The number of carbonyl (C=O) groups is 2. The number of halogens is 1. The number of hydrogen-bond acceptors (Lipinski definition) is 4. The van der Waals surface area contributed by atoms with Crippen LogP contribution in [0.15, 0.2) is 58.1 Å². The Hall–Kier alpha value is -3.00. The Labute approximate surface area is 157 Å². The molecule has 0 aliphatic rings. The van der Waals surface area contributed by atoms with Gasteiger partial charge in [-0.05, 0) is 42.8 Å². The predicted octanol–water partition coefficient (Wildman–Crippen LogP) is 2.13. The Morgan fingerprint density at radius 2 is 2.04 bits per heavy atom. The summed E-state index contributed by atoms with van der Waals surface area (Å²) in [6.07, 6.45) is 2.74. The van der Waals surface area contributed by atoms with Crippen molar-refractivity contribution >= 4 is 39.1 Å². The van der Waals surface area contributed by atoms with Crippen LogP contribution in [0.3, 0.4) is 0 Å². The summed E-state index contributed by atoms with van der Waals surface area (Å²) in [5, 5.41) is 5.16. The average molecular weight is 415 g/mol. The van der Waals surface area contributed by atoms with Crippen molar-refractivity contribution < 1.29 is 9.59 Å². The van der Waals surface area contributed by atoms with Crippen molar-refractivity contribution in [2.45, 2.75) is 6.92 Å². The second kappa shape index (κ2) is 7.49. The second-order valence-corrected chi connectivity index (χ2v) is 6.51. The molecule has 2 heterocycles. The molecule has 0 aliphatic carbocycles. The number of hydrogen-bond donors (Lipinski definition) is 2. The molecule has 2 aromatic heterocycles. The van der Waals surface area contributed by atoms with Gasteiger partial charge in [-0.1, -0.05) is 22.0 Å². The molecule has 1 aromatic carbocycles. The monoisotopic (exact) mass is 414 g/mol. The van der Waals surface area contributed by atoms with Gasteiger partial charge in [0, 0.05) is 22.6 Å². The quantitative estimate of drug-likeness (QED) is 0.683. The maximum atomic E-state index is 12.3. The zero-order chi connectivity index (χ0) is 18.7. The Kier molecular flexibility index (Phi) is 5.13. The molecule has 0 unspecified atom stereocenters. The van der Waals surface area contributed by atoms with Crippen molar-refractivity contribution in [3.05, 3.63) is 74.7 Å². The van der Waals surface area contributed by atoms with Gasteiger partial charge >= 0.3 is 0 Å². The topological polar surface area (TPSA) is 92.6 Å². The van der Waals surface area contributed by atoms with Gasteiger partial charge in [0.2, 0.25) is 5.91 Å². The van der Waals surface area contributed by atoms with Gasteiger partial charge < -0.3 is 10.6 Å². The fourth-order valence-corrected chi connectivity index (χ4v) is 2.88. The summed E-state index contributed by atoms with van der Waals surface area (Å²) in [4.78, 5) is 40.7. The van der Waals surface area contributed by atoms with Crippen molar-refractivity contribution in [1.82, 2.24) is 14.7 Å². The molecule has 3 aromatic rings. The number of rotatable bonds is 4. The van der Waals surface area contributed by atoms with Crippen LogP contribution < -0.4 is 16.2 Å². The summed E-state index contributed by atoms with van der Waals surface area (Å²) in [5.41, 5.74) is 1.37. The van der Waals surface area contributed by atoms with Gasteiger partial charge in [0.25, 0.3) is 11.5 Å². The lowest BCUT2D eigenvalue weighted by Gasteiger charge is -2.10. The predicted molar refractivity (Wildman–Crippen MR) is 101 cm³/mol. The normalized spacial score (nSPS) is 10.5. The lowest BCUT2D eigenvalue weighted by atomic mass is 10.2. The Morgan fingerprint density at radius 1 is 1.23 bits per heavy atom. The number of nitrogens with zero attached hydrogens (tertiary/aromatic N) is 2. The molecule has 8 heteroatoms. The van der Waals surface area contributed by atoms with Crippen molar-refractivity contribution in [2.24, 2.45) is 0 Å². The molecule has 0 radical (unpaired) electrons. The Balaban J connectivity index is 1.68. The number of aromatic nitrogens is 2. The molecule has 0 fully saturated rings. The SMILES string of the molecule is Cc1cc(Br)ccc1NC(=O)CNC(=O)c1cnc2ccccn2c1=O. The highest BCUT2D eigenvalue weighted by atomic mass is 79.9. The highest BCUT2D eigenvalue weighted by Gasteiger charge is 2.14. The first kappa shape index (κ1) is 17.8. The number of aryl methyl sites for hydroxylation is 1. The fourth-order valence-electron chi connectivity index (χ4n) is 2.40. The summed E-state index contributed by atoms with van der Waals surface area (Å²) >= 11 is 3.35.